The number of thiazole rings is 1. The molecule has 1 heterocycles. The fraction of sp³-hybridized carbons (Fsp3) is 0.158. The minimum atomic E-state index is -0.158. The van der Waals surface area contributed by atoms with Gasteiger partial charge in [0.05, 0.1) is 12.2 Å². The lowest BCUT2D eigenvalue weighted by Gasteiger charge is -2.08. The highest BCUT2D eigenvalue weighted by Crippen LogP contribution is 2.21. The van der Waals surface area contributed by atoms with Gasteiger partial charge in [0.2, 0.25) is 0 Å². The number of hydrogen-bond donors (Lipinski definition) is 1. The number of rotatable bonds is 6. The second-order valence-corrected chi connectivity index (χ2v) is 6.27. The molecule has 5 heteroatoms. The zero-order valence-electron chi connectivity index (χ0n) is 13.4. The van der Waals surface area contributed by atoms with Crippen LogP contribution < -0.4 is 10.1 Å². The fourth-order valence-electron chi connectivity index (χ4n) is 2.22. The molecule has 1 N–H and O–H groups in total. The maximum absolute atomic E-state index is 11.9. The first-order valence-corrected chi connectivity index (χ1v) is 8.55. The molecule has 2 aromatic carbocycles. The molecule has 4 nitrogen and oxygen atoms in total. The first kappa shape index (κ1) is 16.2. The number of hydrogen-bond acceptors (Lipinski definition) is 4. The van der Waals surface area contributed by atoms with Crippen molar-refractivity contribution in [2.24, 2.45) is 0 Å². The third-order valence-corrected chi connectivity index (χ3v) is 4.36. The van der Waals surface area contributed by atoms with Gasteiger partial charge in [-0.2, -0.15) is 0 Å². The predicted molar refractivity (Wildman–Crippen MR) is 96.1 cm³/mol. The normalized spacial score (nSPS) is 10.4. The zero-order chi connectivity index (χ0) is 16.8. The summed E-state index contributed by atoms with van der Waals surface area (Å²) in [4.78, 5) is 16.5. The van der Waals surface area contributed by atoms with E-state index in [9.17, 15) is 4.79 Å². The molecular formula is C19H18N2O2S. The van der Waals surface area contributed by atoms with E-state index in [0.717, 1.165) is 27.6 Å². The Balaban J connectivity index is 1.50. The minimum Gasteiger partial charge on any atom is -0.484 e. The van der Waals surface area contributed by atoms with E-state index in [2.05, 4.69) is 10.3 Å². The van der Waals surface area contributed by atoms with Crippen molar-refractivity contribution in [1.29, 1.82) is 0 Å². The van der Waals surface area contributed by atoms with Crippen LogP contribution in [0, 0.1) is 6.92 Å². The van der Waals surface area contributed by atoms with Crippen molar-refractivity contribution in [2.75, 3.05) is 6.61 Å². The zero-order valence-corrected chi connectivity index (χ0v) is 14.2. The summed E-state index contributed by atoms with van der Waals surface area (Å²) >= 11 is 1.54. The fourth-order valence-corrected chi connectivity index (χ4v) is 2.96. The average molecular weight is 338 g/mol. The number of benzene rings is 2. The summed E-state index contributed by atoms with van der Waals surface area (Å²) in [5.74, 6) is 0.572. The third-order valence-electron chi connectivity index (χ3n) is 3.51. The number of amides is 1. The molecule has 0 spiro atoms. The highest BCUT2D eigenvalue weighted by atomic mass is 32.1. The number of para-hydroxylation sites is 1. The molecule has 0 saturated carbocycles. The Morgan fingerprint density at radius 2 is 1.88 bits per heavy atom. The molecule has 122 valence electrons. The number of carbonyl (C=O) groups excluding carboxylic acids is 1. The van der Waals surface area contributed by atoms with Gasteiger partial charge in [-0.3, -0.25) is 4.79 Å². The molecule has 0 saturated heterocycles. The van der Waals surface area contributed by atoms with Gasteiger partial charge in [0.25, 0.3) is 5.91 Å². The van der Waals surface area contributed by atoms with Crippen LogP contribution in [0.1, 0.15) is 10.6 Å². The lowest BCUT2D eigenvalue weighted by molar-refractivity contribution is -0.123. The molecular weight excluding hydrogens is 320 g/mol. The van der Waals surface area contributed by atoms with Crippen molar-refractivity contribution < 1.29 is 9.53 Å². The van der Waals surface area contributed by atoms with Crippen LogP contribution in [0.15, 0.2) is 60.0 Å². The Bertz CT molecular complexity index is 815. The van der Waals surface area contributed by atoms with Crippen LogP contribution in [-0.4, -0.2) is 17.5 Å². The summed E-state index contributed by atoms with van der Waals surface area (Å²) in [6.45, 7) is 2.36. The predicted octanol–water partition coefficient (Wildman–Crippen LogP) is 3.81. The summed E-state index contributed by atoms with van der Waals surface area (Å²) in [5, 5.41) is 5.71. The van der Waals surface area contributed by atoms with Gasteiger partial charge in [0.15, 0.2) is 6.61 Å². The van der Waals surface area contributed by atoms with Gasteiger partial charge in [-0.1, -0.05) is 48.5 Å². The van der Waals surface area contributed by atoms with Gasteiger partial charge in [-0.05, 0) is 18.6 Å². The molecule has 0 bridgehead atoms. The van der Waals surface area contributed by atoms with Gasteiger partial charge in [-0.15, -0.1) is 11.3 Å². The van der Waals surface area contributed by atoms with E-state index < -0.39 is 0 Å². The number of carbonyl (C=O) groups is 1. The van der Waals surface area contributed by atoms with Crippen LogP contribution in [0.4, 0.5) is 0 Å². The number of nitrogens with zero attached hydrogens (tertiary/aromatic N) is 1. The second-order valence-electron chi connectivity index (χ2n) is 5.32. The Morgan fingerprint density at radius 1 is 1.12 bits per heavy atom. The monoisotopic (exact) mass is 338 g/mol. The summed E-state index contributed by atoms with van der Waals surface area (Å²) in [6.07, 6.45) is 0. The summed E-state index contributed by atoms with van der Waals surface area (Å²) in [6, 6.07) is 17.6. The van der Waals surface area contributed by atoms with Gasteiger partial charge < -0.3 is 10.1 Å². The van der Waals surface area contributed by atoms with Crippen LogP contribution in [0.25, 0.3) is 11.3 Å². The van der Waals surface area contributed by atoms with E-state index in [0.29, 0.717) is 6.54 Å². The Labute approximate surface area is 145 Å². The summed E-state index contributed by atoms with van der Waals surface area (Å²) in [5.41, 5.74) is 3.02. The van der Waals surface area contributed by atoms with Crippen LogP contribution >= 0.6 is 11.3 Å². The van der Waals surface area contributed by atoms with Crippen LogP contribution in [0.2, 0.25) is 0 Å². The molecule has 0 aliphatic carbocycles. The van der Waals surface area contributed by atoms with Crippen molar-refractivity contribution in [1.82, 2.24) is 10.3 Å². The second kappa shape index (κ2) is 7.75. The Hall–Kier alpha value is -2.66. The molecule has 0 unspecified atom stereocenters. The van der Waals surface area contributed by atoms with Crippen molar-refractivity contribution in [2.45, 2.75) is 13.5 Å². The molecule has 0 radical (unpaired) electrons. The average Bonchev–Trinajstić information content (AvgIpc) is 3.09. The minimum absolute atomic E-state index is 0.00176. The highest BCUT2D eigenvalue weighted by molar-refractivity contribution is 7.09. The van der Waals surface area contributed by atoms with E-state index in [1.165, 1.54) is 11.3 Å². The topological polar surface area (TPSA) is 51.2 Å². The third kappa shape index (κ3) is 4.20. The maximum Gasteiger partial charge on any atom is 0.258 e. The highest BCUT2D eigenvalue weighted by Gasteiger charge is 2.07. The van der Waals surface area contributed by atoms with E-state index in [1.807, 2.05) is 66.9 Å². The number of nitrogens with one attached hydrogen (secondary N) is 1. The largest absolute Gasteiger partial charge is 0.484 e. The molecule has 3 rings (SSSR count). The molecule has 24 heavy (non-hydrogen) atoms. The van der Waals surface area contributed by atoms with Crippen molar-refractivity contribution >= 4 is 17.2 Å². The quantitative estimate of drug-likeness (QED) is 0.743. The molecule has 0 atom stereocenters. The van der Waals surface area contributed by atoms with Gasteiger partial charge in [0, 0.05) is 10.9 Å². The first-order chi connectivity index (χ1) is 11.7. The Morgan fingerprint density at radius 3 is 2.67 bits per heavy atom. The van der Waals surface area contributed by atoms with E-state index in [4.69, 9.17) is 4.74 Å². The van der Waals surface area contributed by atoms with Crippen LogP contribution in [0.3, 0.4) is 0 Å². The van der Waals surface area contributed by atoms with Crippen molar-refractivity contribution in [3.05, 3.63) is 70.5 Å². The molecule has 0 aliphatic heterocycles. The van der Waals surface area contributed by atoms with Crippen LogP contribution in [-0.2, 0) is 11.3 Å². The number of aromatic nitrogens is 1. The van der Waals surface area contributed by atoms with Gasteiger partial charge >= 0.3 is 0 Å². The maximum atomic E-state index is 11.9. The first-order valence-electron chi connectivity index (χ1n) is 7.67. The standard InChI is InChI=1S/C19H18N2O2S/c1-14-7-5-6-10-17(14)23-12-18(22)20-11-19-21-16(13-24-19)15-8-3-2-4-9-15/h2-10,13H,11-12H2,1H3,(H,20,22). The lowest BCUT2D eigenvalue weighted by atomic mass is 10.2. The molecule has 1 aromatic heterocycles. The Kier molecular flexibility index (Phi) is 5.23. The number of aryl methyl sites for hydroxylation is 1. The van der Waals surface area contributed by atoms with E-state index in [-0.39, 0.29) is 12.5 Å². The summed E-state index contributed by atoms with van der Waals surface area (Å²) < 4.78 is 5.53. The lowest BCUT2D eigenvalue weighted by Crippen LogP contribution is -2.28. The van der Waals surface area contributed by atoms with Gasteiger partial charge in [0.1, 0.15) is 10.8 Å². The van der Waals surface area contributed by atoms with Gasteiger partial charge in [-0.25, -0.2) is 4.98 Å². The SMILES string of the molecule is Cc1ccccc1OCC(=O)NCc1nc(-c2ccccc2)cs1. The van der Waals surface area contributed by atoms with E-state index >= 15 is 0 Å². The molecule has 3 aromatic rings. The smallest absolute Gasteiger partial charge is 0.258 e. The van der Waals surface area contributed by atoms with E-state index in [1.54, 1.807) is 0 Å². The molecule has 0 fully saturated rings. The summed E-state index contributed by atoms with van der Waals surface area (Å²) in [7, 11) is 0. The van der Waals surface area contributed by atoms with Crippen molar-refractivity contribution in [3.63, 3.8) is 0 Å². The molecule has 1 amide bonds. The number of ether oxygens (including phenoxy) is 1. The van der Waals surface area contributed by atoms with Crippen LogP contribution in [0.5, 0.6) is 5.75 Å². The van der Waals surface area contributed by atoms with Crippen molar-refractivity contribution in [3.8, 4) is 17.0 Å². The molecule has 0 aliphatic rings.